The van der Waals surface area contributed by atoms with E-state index in [1.807, 2.05) is 6.92 Å². The van der Waals surface area contributed by atoms with Crippen LogP contribution in [0.25, 0.3) is 6.08 Å². The number of nitrogens with one attached hydrogen (secondary N) is 2. The monoisotopic (exact) mass is 493 g/mol. The van der Waals surface area contributed by atoms with E-state index in [2.05, 4.69) is 10.6 Å². The normalized spacial score (nSPS) is 11.4. The topological polar surface area (TPSA) is 142 Å². The van der Waals surface area contributed by atoms with Crippen molar-refractivity contribution in [2.45, 2.75) is 11.8 Å². The summed E-state index contributed by atoms with van der Waals surface area (Å²) in [6.07, 6.45) is 1.31. The molecule has 35 heavy (non-hydrogen) atoms. The number of benzene rings is 3. The molecule has 0 unspecified atom stereocenters. The number of carboxylic acid groups (broad SMARTS) is 1. The third kappa shape index (κ3) is 7.27. The van der Waals surface area contributed by atoms with Crippen LogP contribution in [-0.4, -0.2) is 32.7 Å². The van der Waals surface area contributed by atoms with Crippen molar-refractivity contribution in [2.75, 3.05) is 6.54 Å². The quantitative estimate of drug-likeness (QED) is 0.339. The second-order valence-electron chi connectivity index (χ2n) is 7.35. The molecule has 0 heterocycles. The summed E-state index contributed by atoms with van der Waals surface area (Å²) in [6.45, 7) is 1.08. The van der Waals surface area contributed by atoms with E-state index in [1.165, 1.54) is 42.5 Å². The van der Waals surface area contributed by atoms with Crippen LogP contribution in [0.15, 0.2) is 89.5 Å². The Labute approximate surface area is 202 Å². The standard InChI is InChI=1S/C25H22N2O7S/c1-17-7-13-21(14-8-17)35(32,33)34-20-11-9-18(10-12-20)15-22(25(31)26-16-23(28)29)27-24(30)19-5-3-2-4-6-19/h2-15H,16H2,1H3,(H,26,31)(H,27,30)(H,28,29)/p-1/b22-15-. The van der Waals surface area contributed by atoms with Crippen molar-refractivity contribution >= 4 is 34.0 Å². The lowest BCUT2D eigenvalue weighted by molar-refractivity contribution is -0.303. The van der Waals surface area contributed by atoms with Gasteiger partial charge in [-0.15, -0.1) is 0 Å². The average Bonchev–Trinajstić information content (AvgIpc) is 2.84. The second-order valence-corrected chi connectivity index (χ2v) is 8.90. The van der Waals surface area contributed by atoms with Crippen molar-refractivity contribution in [3.63, 3.8) is 0 Å². The number of aryl methyl sites for hydroxylation is 1. The van der Waals surface area contributed by atoms with Gasteiger partial charge in [-0.2, -0.15) is 8.42 Å². The highest BCUT2D eigenvalue weighted by Crippen LogP contribution is 2.20. The first-order valence-corrected chi connectivity index (χ1v) is 11.7. The molecule has 0 saturated heterocycles. The lowest BCUT2D eigenvalue weighted by Gasteiger charge is -2.12. The van der Waals surface area contributed by atoms with E-state index < -0.39 is 34.4 Å². The van der Waals surface area contributed by atoms with Crippen LogP contribution in [0, 0.1) is 6.92 Å². The van der Waals surface area contributed by atoms with Crippen molar-refractivity contribution in [2.24, 2.45) is 0 Å². The molecule has 9 nitrogen and oxygen atoms in total. The molecule has 0 aliphatic rings. The van der Waals surface area contributed by atoms with E-state index in [0.717, 1.165) is 5.56 Å². The Hall–Kier alpha value is -4.44. The smallest absolute Gasteiger partial charge is 0.339 e. The van der Waals surface area contributed by atoms with Gasteiger partial charge in [0.05, 0.1) is 12.5 Å². The minimum Gasteiger partial charge on any atom is -0.548 e. The van der Waals surface area contributed by atoms with Crippen LogP contribution < -0.4 is 19.9 Å². The minimum absolute atomic E-state index is 0.00238. The van der Waals surface area contributed by atoms with Crippen molar-refractivity contribution < 1.29 is 32.1 Å². The maximum atomic E-state index is 12.5. The molecule has 0 saturated carbocycles. The number of amides is 2. The molecule has 0 aromatic heterocycles. The van der Waals surface area contributed by atoms with Gasteiger partial charge < -0.3 is 24.7 Å². The Morgan fingerprint density at radius 1 is 0.914 bits per heavy atom. The highest BCUT2D eigenvalue weighted by molar-refractivity contribution is 7.87. The van der Waals surface area contributed by atoms with E-state index in [9.17, 15) is 27.9 Å². The van der Waals surface area contributed by atoms with Gasteiger partial charge in [0.15, 0.2) is 0 Å². The summed E-state index contributed by atoms with van der Waals surface area (Å²) < 4.78 is 30.1. The van der Waals surface area contributed by atoms with E-state index in [0.29, 0.717) is 5.56 Å². The molecule has 0 aliphatic heterocycles. The predicted molar refractivity (Wildman–Crippen MR) is 125 cm³/mol. The molecule has 3 aromatic rings. The molecule has 0 spiro atoms. The van der Waals surface area contributed by atoms with Gasteiger partial charge in [0, 0.05) is 5.56 Å². The zero-order valence-electron chi connectivity index (χ0n) is 18.6. The van der Waals surface area contributed by atoms with Crippen LogP contribution in [0.5, 0.6) is 5.75 Å². The summed E-state index contributed by atoms with van der Waals surface area (Å²) in [7, 11) is -4.04. The summed E-state index contributed by atoms with van der Waals surface area (Å²) in [5.41, 5.74) is 1.38. The van der Waals surface area contributed by atoms with Gasteiger partial charge in [-0.25, -0.2) is 0 Å². The number of carbonyl (C=O) groups is 3. The predicted octanol–water partition coefficient (Wildman–Crippen LogP) is 1.40. The van der Waals surface area contributed by atoms with Crippen molar-refractivity contribution in [1.29, 1.82) is 0 Å². The van der Waals surface area contributed by atoms with E-state index in [1.54, 1.807) is 42.5 Å². The Bertz CT molecular complexity index is 1350. The molecule has 2 amide bonds. The molecular formula is C25H21N2O7S-. The summed E-state index contributed by atoms with van der Waals surface area (Å²) in [4.78, 5) is 35.7. The van der Waals surface area contributed by atoms with Gasteiger partial charge in [-0.3, -0.25) is 9.59 Å². The summed E-state index contributed by atoms with van der Waals surface area (Å²) in [5.74, 6) is -2.88. The Balaban J connectivity index is 1.81. The fraction of sp³-hybridized carbons (Fsp3) is 0.0800. The Kier molecular flexibility index (Phi) is 8.00. The largest absolute Gasteiger partial charge is 0.548 e. The van der Waals surface area contributed by atoms with Crippen LogP contribution in [0.1, 0.15) is 21.5 Å². The molecule has 0 radical (unpaired) electrons. The molecule has 3 aromatic carbocycles. The molecule has 0 atom stereocenters. The molecule has 2 N–H and O–H groups in total. The summed E-state index contributed by atoms with van der Waals surface area (Å²) >= 11 is 0. The fourth-order valence-corrected chi connectivity index (χ4v) is 3.79. The van der Waals surface area contributed by atoms with Crippen LogP contribution in [0.4, 0.5) is 0 Å². The van der Waals surface area contributed by atoms with Crippen LogP contribution in [-0.2, 0) is 19.7 Å². The highest BCUT2D eigenvalue weighted by atomic mass is 32.2. The van der Waals surface area contributed by atoms with Crippen molar-refractivity contribution in [1.82, 2.24) is 10.6 Å². The number of carbonyl (C=O) groups excluding carboxylic acids is 3. The Morgan fingerprint density at radius 3 is 2.14 bits per heavy atom. The minimum atomic E-state index is -4.04. The first-order chi connectivity index (χ1) is 16.6. The highest BCUT2D eigenvalue weighted by Gasteiger charge is 2.17. The first-order valence-electron chi connectivity index (χ1n) is 10.3. The Morgan fingerprint density at radius 2 is 1.54 bits per heavy atom. The maximum Gasteiger partial charge on any atom is 0.339 e. The number of carboxylic acids is 1. The van der Waals surface area contributed by atoms with Gasteiger partial charge in [0.25, 0.3) is 11.8 Å². The average molecular weight is 494 g/mol. The molecular weight excluding hydrogens is 472 g/mol. The second kappa shape index (κ2) is 11.1. The number of aliphatic carboxylic acids is 1. The number of rotatable bonds is 9. The molecule has 0 fully saturated rings. The zero-order chi connectivity index (χ0) is 25.4. The van der Waals surface area contributed by atoms with Gasteiger partial charge in [-0.1, -0.05) is 48.0 Å². The number of hydrogen-bond donors (Lipinski definition) is 2. The number of hydrogen-bond acceptors (Lipinski definition) is 7. The molecule has 0 bridgehead atoms. The molecule has 0 aliphatic carbocycles. The van der Waals surface area contributed by atoms with E-state index in [4.69, 9.17) is 4.18 Å². The molecule has 180 valence electrons. The first kappa shape index (κ1) is 25.2. The third-order valence-corrected chi connectivity index (χ3v) is 5.89. The van der Waals surface area contributed by atoms with Crippen molar-refractivity contribution in [3.05, 3.63) is 101 Å². The van der Waals surface area contributed by atoms with Crippen LogP contribution in [0.2, 0.25) is 0 Å². The van der Waals surface area contributed by atoms with Gasteiger partial charge >= 0.3 is 10.1 Å². The van der Waals surface area contributed by atoms with Crippen LogP contribution >= 0.6 is 0 Å². The van der Waals surface area contributed by atoms with Gasteiger partial charge in [-0.05, 0) is 55.0 Å². The molecule has 10 heteroatoms. The fourth-order valence-electron chi connectivity index (χ4n) is 2.86. The molecule has 3 rings (SSSR count). The van der Waals surface area contributed by atoms with E-state index in [-0.39, 0.29) is 21.9 Å². The van der Waals surface area contributed by atoms with Gasteiger partial charge in [0.2, 0.25) is 0 Å². The summed E-state index contributed by atoms with van der Waals surface area (Å²) in [5, 5.41) is 15.3. The van der Waals surface area contributed by atoms with Crippen LogP contribution in [0.3, 0.4) is 0 Å². The SMILES string of the molecule is Cc1ccc(S(=O)(=O)Oc2ccc(/C=C(\NC(=O)c3ccccc3)C(=O)NCC(=O)[O-])cc2)cc1. The maximum absolute atomic E-state index is 12.5. The van der Waals surface area contributed by atoms with E-state index >= 15 is 0 Å². The lowest BCUT2D eigenvalue weighted by Crippen LogP contribution is -2.41. The lowest BCUT2D eigenvalue weighted by atomic mass is 10.1. The third-order valence-electron chi connectivity index (χ3n) is 4.63. The van der Waals surface area contributed by atoms with Crippen molar-refractivity contribution in [3.8, 4) is 5.75 Å². The summed E-state index contributed by atoms with van der Waals surface area (Å²) in [6, 6.07) is 20.0. The zero-order valence-corrected chi connectivity index (χ0v) is 19.4. The van der Waals surface area contributed by atoms with Gasteiger partial charge in [0.1, 0.15) is 16.3 Å².